The Morgan fingerprint density at radius 2 is 1.76 bits per heavy atom. The highest BCUT2D eigenvalue weighted by Gasteiger charge is 2.35. The molecule has 2 aromatic carbocycles. The molecule has 0 aliphatic rings. The number of hydrogen-bond acceptors (Lipinski definition) is 4. The van der Waals surface area contributed by atoms with Crippen molar-refractivity contribution in [2.45, 2.75) is 19.1 Å². The summed E-state index contributed by atoms with van der Waals surface area (Å²) in [5.74, 6) is -0.699. The van der Waals surface area contributed by atoms with Gasteiger partial charge in [-0.15, -0.1) is 0 Å². The molecular weight excluding hydrogens is 335 g/mol. The number of hydrogen-bond donors (Lipinski definition) is 1. The second-order valence-corrected chi connectivity index (χ2v) is 5.32. The van der Waals surface area contributed by atoms with Gasteiger partial charge in [-0.25, -0.2) is 0 Å². The van der Waals surface area contributed by atoms with Gasteiger partial charge in [0.25, 0.3) is 0 Å². The summed E-state index contributed by atoms with van der Waals surface area (Å²) in [6.45, 7) is 0.215. The number of esters is 1. The van der Waals surface area contributed by atoms with Gasteiger partial charge in [-0.2, -0.15) is 13.2 Å². The van der Waals surface area contributed by atoms with E-state index in [1.165, 1.54) is 13.2 Å². The van der Waals surface area contributed by atoms with E-state index in [0.29, 0.717) is 11.1 Å². The van der Waals surface area contributed by atoms with Gasteiger partial charge >= 0.3 is 12.1 Å². The summed E-state index contributed by atoms with van der Waals surface area (Å²) in [4.78, 5) is 11.5. The van der Waals surface area contributed by atoms with Crippen LogP contribution in [-0.2, 0) is 28.7 Å². The Hall–Kier alpha value is -2.54. The molecule has 0 atom stereocenters. The van der Waals surface area contributed by atoms with Crippen molar-refractivity contribution in [3.8, 4) is 16.9 Å². The Morgan fingerprint density at radius 1 is 1.08 bits per heavy atom. The third-order valence-corrected chi connectivity index (χ3v) is 3.82. The minimum absolute atomic E-state index is 0.0573. The number of alkyl halides is 3. The maximum atomic E-state index is 13.4. The number of methoxy groups -OCH3 is 2. The summed E-state index contributed by atoms with van der Waals surface area (Å²) in [7, 11) is 2.42. The predicted octanol–water partition coefficient (Wildman–Crippen LogP) is 3.56. The molecule has 0 saturated carbocycles. The number of rotatable bonds is 5. The van der Waals surface area contributed by atoms with Gasteiger partial charge in [-0.05, 0) is 28.8 Å². The molecule has 25 heavy (non-hydrogen) atoms. The second kappa shape index (κ2) is 7.57. The molecule has 0 saturated heterocycles. The van der Waals surface area contributed by atoms with Crippen molar-refractivity contribution >= 4 is 5.97 Å². The van der Waals surface area contributed by atoms with Gasteiger partial charge in [0, 0.05) is 12.1 Å². The number of carbonyl (C=O) groups is 1. The number of benzene rings is 2. The summed E-state index contributed by atoms with van der Waals surface area (Å²) in [6, 6.07) is 9.29. The Kier molecular flexibility index (Phi) is 5.69. The van der Waals surface area contributed by atoms with Crippen LogP contribution in [0, 0.1) is 0 Å². The molecule has 7 heteroatoms. The highest BCUT2D eigenvalue weighted by molar-refractivity contribution is 5.78. The molecule has 2 rings (SSSR count). The zero-order chi connectivity index (χ0) is 18.6. The fourth-order valence-corrected chi connectivity index (χ4v) is 2.60. The van der Waals surface area contributed by atoms with E-state index in [-0.39, 0.29) is 17.9 Å². The lowest BCUT2D eigenvalue weighted by Gasteiger charge is -2.18. The van der Waals surface area contributed by atoms with Crippen molar-refractivity contribution in [1.29, 1.82) is 0 Å². The minimum Gasteiger partial charge on any atom is -0.496 e. The Balaban J connectivity index is 2.72. The SMILES string of the molecule is COC(=O)Cc1cc(-c2ccccc2CN)c(OC)cc1C(F)(F)F. The van der Waals surface area contributed by atoms with E-state index < -0.39 is 24.1 Å². The number of nitrogens with two attached hydrogens (primary N) is 1. The Labute approximate surface area is 143 Å². The maximum Gasteiger partial charge on any atom is 0.416 e. The van der Waals surface area contributed by atoms with Crippen molar-refractivity contribution in [2.24, 2.45) is 5.73 Å². The van der Waals surface area contributed by atoms with Crippen LogP contribution in [0.4, 0.5) is 13.2 Å². The molecule has 0 aliphatic heterocycles. The second-order valence-electron chi connectivity index (χ2n) is 5.32. The lowest BCUT2D eigenvalue weighted by atomic mass is 9.93. The molecule has 0 aromatic heterocycles. The quantitative estimate of drug-likeness (QED) is 0.835. The molecule has 2 aromatic rings. The van der Waals surface area contributed by atoms with Gasteiger partial charge in [0.1, 0.15) is 5.75 Å². The van der Waals surface area contributed by atoms with Gasteiger partial charge in [0.15, 0.2) is 0 Å². The molecule has 0 fully saturated rings. The highest BCUT2D eigenvalue weighted by atomic mass is 19.4. The summed E-state index contributed by atoms with van der Waals surface area (Å²) in [5.41, 5.74) is 6.47. The molecule has 0 amide bonds. The zero-order valence-corrected chi connectivity index (χ0v) is 13.8. The van der Waals surface area contributed by atoms with E-state index in [0.717, 1.165) is 18.7 Å². The van der Waals surface area contributed by atoms with Gasteiger partial charge in [0.05, 0.1) is 26.2 Å². The molecule has 2 N–H and O–H groups in total. The lowest BCUT2D eigenvalue weighted by molar-refractivity contribution is -0.141. The summed E-state index contributed by atoms with van der Waals surface area (Å²) < 4.78 is 49.8. The third kappa shape index (κ3) is 4.11. The first-order valence-electron chi connectivity index (χ1n) is 7.45. The van der Waals surface area contributed by atoms with Crippen molar-refractivity contribution in [1.82, 2.24) is 0 Å². The molecule has 0 heterocycles. The van der Waals surface area contributed by atoms with Crippen molar-refractivity contribution in [3.05, 3.63) is 53.1 Å². The first-order valence-corrected chi connectivity index (χ1v) is 7.45. The number of halogens is 3. The third-order valence-electron chi connectivity index (χ3n) is 3.82. The average Bonchev–Trinajstić information content (AvgIpc) is 2.60. The zero-order valence-electron chi connectivity index (χ0n) is 13.8. The van der Waals surface area contributed by atoms with E-state index in [2.05, 4.69) is 4.74 Å². The lowest BCUT2D eigenvalue weighted by Crippen LogP contribution is -2.14. The molecule has 0 unspecified atom stereocenters. The van der Waals surface area contributed by atoms with Crippen LogP contribution in [0.5, 0.6) is 5.75 Å². The normalized spacial score (nSPS) is 11.3. The van der Waals surface area contributed by atoms with Gasteiger partial charge in [-0.3, -0.25) is 4.79 Å². The van der Waals surface area contributed by atoms with E-state index in [4.69, 9.17) is 10.5 Å². The van der Waals surface area contributed by atoms with Crippen LogP contribution in [0.1, 0.15) is 16.7 Å². The van der Waals surface area contributed by atoms with Crippen LogP contribution >= 0.6 is 0 Å². The van der Waals surface area contributed by atoms with Gasteiger partial charge in [0.2, 0.25) is 0 Å². The smallest absolute Gasteiger partial charge is 0.416 e. The molecular formula is C18H18F3NO3. The Morgan fingerprint density at radius 3 is 2.32 bits per heavy atom. The maximum absolute atomic E-state index is 13.4. The molecule has 0 bridgehead atoms. The largest absolute Gasteiger partial charge is 0.496 e. The number of ether oxygens (including phenoxy) is 2. The van der Waals surface area contributed by atoms with Crippen LogP contribution in [0.3, 0.4) is 0 Å². The van der Waals surface area contributed by atoms with Crippen LogP contribution in [0.25, 0.3) is 11.1 Å². The fraction of sp³-hybridized carbons (Fsp3) is 0.278. The predicted molar refractivity (Wildman–Crippen MR) is 87.0 cm³/mol. The monoisotopic (exact) mass is 353 g/mol. The van der Waals surface area contributed by atoms with Crippen LogP contribution < -0.4 is 10.5 Å². The van der Waals surface area contributed by atoms with Crippen LogP contribution in [0.15, 0.2) is 36.4 Å². The van der Waals surface area contributed by atoms with E-state index in [1.807, 2.05) is 0 Å². The topological polar surface area (TPSA) is 61.5 Å². The van der Waals surface area contributed by atoms with Gasteiger partial charge in [-0.1, -0.05) is 24.3 Å². The molecule has 4 nitrogen and oxygen atoms in total. The van der Waals surface area contributed by atoms with Crippen molar-refractivity contribution < 1.29 is 27.4 Å². The molecule has 134 valence electrons. The first-order chi connectivity index (χ1) is 11.8. The molecule has 0 spiro atoms. The molecule has 0 aliphatic carbocycles. The highest BCUT2D eigenvalue weighted by Crippen LogP contribution is 2.40. The fourth-order valence-electron chi connectivity index (χ4n) is 2.60. The van der Waals surface area contributed by atoms with Crippen LogP contribution in [0.2, 0.25) is 0 Å². The summed E-state index contributed by atoms with van der Waals surface area (Å²) >= 11 is 0. The van der Waals surface area contributed by atoms with Crippen molar-refractivity contribution in [3.63, 3.8) is 0 Å². The van der Waals surface area contributed by atoms with E-state index >= 15 is 0 Å². The first kappa shape index (κ1) is 18.8. The minimum atomic E-state index is -4.62. The van der Waals surface area contributed by atoms with Gasteiger partial charge < -0.3 is 15.2 Å². The summed E-state index contributed by atoms with van der Waals surface area (Å²) in [5, 5.41) is 0. The summed E-state index contributed by atoms with van der Waals surface area (Å²) in [6.07, 6.45) is -5.12. The number of carbonyl (C=O) groups excluding carboxylic acids is 1. The standard InChI is InChI=1S/C18H18F3NO3/c1-24-16-9-15(18(19,20)21)12(8-17(23)25-2)7-14(16)13-6-4-3-5-11(13)10-22/h3-7,9H,8,10,22H2,1-2H3. The molecule has 0 radical (unpaired) electrons. The van der Waals surface area contributed by atoms with E-state index in [1.54, 1.807) is 24.3 Å². The van der Waals surface area contributed by atoms with Crippen molar-refractivity contribution in [2.75, 3.05) is 14.2 Å². The van der Waals surface area contributed by atoms with Crippen LogP contribution in [-0.4, -0.2) is 20.2 Å². The Bertz CT molecular complexity index is 773. The average molecular weight is 353 g/mol. The van der Waals surface area contributed by atoms with E-state index in [9.17, 15) is 18.0 Å².